The second-order valence-electron chi connectivity index (χ2n) is 9.82. The minimum atomic E-state index is -2.43. The second-order valence-corrected chi connectivity index (χ2v) is 14.6. The molecular formula is C23H42O8Si. The molecule has 0 aromatic heterocycles. The highest BCUT2D eigenvalue weighted by Crippen LogP contribution is 2.45. The van der Waals surface area contributed by atoms with Crippen molar-refractivity contribution >= 4 is 20.3 Å². The molecule has 1 rings (SSSR count). The van der Waals surface area contributed by atoms with E-state index in [0.717, 1.165) is 19.3 Å². The predicted molar refractivity (Wildman–Crippen MR) is 124 cm³/mol. The molecule has 186 valence electrons. The third-order valence-corrected chi connectivity index (χ3v) is 10.9. The zero-order valence-corrected chi connectivity index (χ0v) is 22.5. The number of hydrogen-bond acceptors (Lipinski definition) is 8. The normalized spacial score (nSPS) is 24.2. The summed E-state index contributed by atoms with van der Waals surface area (Å²) in [7, 11) is 1.60. The van der Waals surface area contributed by atoms with Gasteiger partial charge in [0.15, 0.2) is 8.32 Å². The van der Waals surface area contributed by atoms with E-state index in [9.17, 15) is 9.59 Å². The summed E-state index contributed by atoms with van der Waals surface area (Å²) in [6.07, 6.45) is 2.04. The Kier molecular flexibility index (Phi) is 10.4. The molecule has 9 heteroatoms. The average Bonchev–Trinajstić information content (AvgIpc) is 2.72. The zero-order chi connectivity index (χ0) is 24.7. The smallest absolute Gasteiger partial charge is 0.374 e. The summed E-state index contributed by atoms with van der Waals surface area (Å²) < 4.78 is 34.3. The van der Waals surface area contributed by atoms with Gasteiger partial charge in [-0.2, -0.15) is 0 Å². The molecule has 0 saturated carbocycles. The lowest BCUT2D eigenvalue weighted by Crippen LogP contribution is -2.62. The van der Waals surface area contributed by atoms with Crippen LogP contribution in [0.15, 0.2) is 11.3 Å². The second kappa shape index (κ2) is 11.6. The topological polar surface area (TPSA) is 89.5 Å². The number of methoxy groups -OCH3 is 3. The van der Waals surface area contributed by atoms with Gasteiger partial charge >= 0.3 is 11.9 Å². The van der Waals surface area contributed by atoms with E-state index in [4.69, 9.17) is 28.1 Å². The minimum absolute atomic E-state index is 0.0190. The molecule has 1 aliphatic heterocycles. The fourth-order valence-electron chi connectivity index (χ4n) is 3.38. The van der Waals surface area contributed by atoms with Crippen LogP contribution in [0.1, 0.15) is 60.3 Å². The first-order valence-corrected chi connectivity index (χ1v) is 14.1. The van der Waals surface area contributed by atoms with Gasteiger partial charge in [-0.25, -0.2) is 9.59 Å². The number of ether oxygens (including phenoxy) is 5. The Labute approximate surface area is 194 Å². The fourth-order valence-corrected chi connectivity index (χ4v) is 4.68. The van der Waals surface area contributed by atoms with Crippen molar-refractivity contribution < 1.29 is 37.7 Å². The Balaban J connectivity index is 3.74. The lowest BCUT2D eigenvalue weighted by atomic mass is 9.82. The van der Waals surface area contributed by atoms with Crippen LogP contribution in [0, 0.1) is 0 Å². The SMILES string of the molecule is CCCCC[C@H]1OC(C(=O)OC)=C(C(=O)OC)[C@@H](O[Si](C)(C)C(C)(C)C)[C@@]1(C)OCOC. The minimum Gasteiger partial charge on any atom is -0.480 e. The van der Waals surface area contributed by atoms with Crippen LogP contribution < -0.4 is 0 Å². The van der Waals surface area contributed by atoms with Crippen LogP contribution in [0.2, 0.25) is 18.1 Å². The lowest BCUT2D eigenvalue weighted by molar-refractivity contribution is -0.219. The number of esters is 2. The van der Waals surface area contributed by atoms with Crippen molar-refractivity contribution in [1.29, 1.82) is 0 Å². The first-order valence-electron chi connectivity index (χ1n) is 11.2. The molecule has 1 aliphatic rings. The molecule has 32 heavy (non-hydrogen) atoms. The maximum absolute atomic E-state index is 13.0. The molecule has 0 spiro atoms. The van der Waals surface area contributed by atoms with E-state index >= 15 is 0 Å². The van der Waals surface area contributed by atoms with E-state index in [1.807, 2.05) is 6.92 Å². The van der Waals surface area contributed by atoms with Gasteiger partial charge in [-0.05, 0) is 37.9 Å². The van der Waals surface area contributed by atoms with Crippen LogP contribution in [0.5, 0.6) is 0 Å². The number of unbranched alkanes of at least 4 members (excludes halogenated alkanes) is 2. The highest BCUT2D eigenvalue weighted by Gasteiger charge is 2.57. The molecule has 3 atom stereocenters. The van der Waals surface area contributed by atoms with Crippen LogP contribution in [0.25, 0.3) is 0 Å². The van der Waals surface area contributed by atoms with Crippen molar-refractivity contribution in [3.05, 3.63) is 11.3 Å². The molecule has 0 aliphatic carbocycles. The molecule has 0 fully saturated rings. The summed E-state index contributed by atoms with van der Waals surface area (Å²) in [5, 5.41) is -0.155. The first kappa shape index (κ1) is 28.6. The molecule has 0 bridgehead atoms. The Hall–Kier alpha value is -1.42. The van der Waals surface area contributed by atoms with Crippen LogP contribution >= 0.6 is 0 Å². The van der Waals surface area contributed by atoms with Crippen molar-refractivity contribution in [3.63, 3.8) is 0 Å². The van der Waals surface area contributed by atoms with Crippen molar-refractivity contribution in [3.8, 4) is 0 Å². The third-order valence-electron chi connectivity index (χ3n) is 6.48. The van der Waals surface area contributed by atoms with Crippen LogP contribution in [-0.2, 0) is 37.7 Å². The van der Waals surface area contributed by atoms with Crippen LogP contribution in [-0.4, -0.2) is 66.2 Å². The molecule has 0 amide bonds. The zero-order valence-electron chi connectivity index (χ0n) is 21.5. The predicted octanol–water partition coefficient (Wildman–Crippen LogP) is 4.34. The summed E-state index contributed by atoms with van der Waals surface area (Å²) >= 11 is 0. The Morgan fingerprint density at radius 3 is 2.12 bits per heavy atom. The molecular weight excluding hydrogens is 432 g/mol. The van der Waals surface area contributed by atoms with E-state index in [-0.39, 0.29) is 23.2 Å². The Morgan fingerprint density at radius 2 is 1.66 bits per heavy atom. The van der Waals surface area contributed by atoms with Gasteiger partial charge < -0.3 is 28.1 Å². The van der Waals surface area contributed by atoms with Gasteiger partial charge in [0, 0.05) is 7.11 Å². The van der Waals surface area contributed by atoms with Gasteiger partial charge in [0.25, 0.3) is 0 Å². The maximum Gasteiger partial charge on any atom is 0.374 e. The van der Waals surface area contributed by atoms with Crippen molar-refractivity contribution in [1.82, 2.24) is 0 Å². The summed E-state index contributed by atoms with van der Waals surface area (Å²) in [6, 6.07) is 0. The standard InChI is InChI=1S/C23H42O8Si/c1-11-12-13-14-16-23(5,29-15-26-6)19(31-32(9,10)22(2,3)4)17(20(24)27-7)18(30-16)21(25)28-8/h16,19H,11-15H2,1-10H3/t16-,19-,23+/m1/s1. The van der Waals surface area contributed by atoms with E-state index in [2.05, 4.69) is 40.8 Å². The summed E-state index contributed by atoms with van der Waals surface area (Å²) in [5.74, 6) is -1.64. The molecule has 8 nitrogen and oxygen atoms in total. The van der Waals surface area contributed by atoms with Gasteiger partial charge in [0.05, 0.1) is 14.2 Å². The van der Waals surface area contributed by atoms with Crippen LogP contribution in [0.4, 0.5) is 0 Å². The molecule has 0 saturated heterocycles. The molecule has 0 unspecified atom stereocenters. The number of carbonyl (C=O) groups excluding carboxylic acids is 2. The van der Waals surface area contributed by atoms with Crippen LogP contribution in [0.3, 0.4) is 0 Å². The monoisotopic (exact) mass is 474 g/mol. The molecule has 0 N–H and O–H groups in total. The maximum atomic E-state index is 13.0. The summed E-state index contributed by atoms with van der Waals surface area (Å²) in [5.41, 5.74) is -1.12. The van der Waals surface area contributed by atoms with Gasteiger partial charge in [0.2, 0.25) is 5.76 Å². The molecule has 0 radical (unpaired) electrons. The highest BCUT2D eigenvalue weighted by molar-refractivity contribution is 6.74. The lowest BCUT2D eigenvalue weighted by Gasteiger charge is -2.50. The molecule has 0 aromatic rings. The number of hydrogen-bond donors (Lipinski definition) is 0. The van der Waals surface area contributed by atoms with Gasteiger partial charge in [-0.15, -0.1) is 0 Å². The fraction of sp³-hybridized carbons (Fsp3) is 0.826. The quantitative estimate of drug-likeness (QED) is 0.189. The van der Waals surface area contributed by atoms with E-state index < -0.39 is 38.1 Å². The average molecular weight is 475 g/mol. The Morgan fingerprint density at radius 1 is 1.06 bits per heavy atom. The largest absolute Gasteiger partial charge is 0.480 e. The van der Waals surface area contributed by atoms with Crippen molar-refractivity contribution in [2.24, 2.45) is 0 Å². The number of rotatable bonds is 11. The summed E-state index contributed by atoms with van der Waals surface area (Å²) in [6.45, 7) is 14.4. The van der Waals surface area contributed by atoms with Crippen molar-refractivity contribution in [2.45, 2.75) is 96.2 Å². The molecule has 0 aromatic carbocycles. The van der Waals surface area contributed by atoms with Gasteiger partial charge in [0.1, 0.15) is 30.2 Å². The van der Waals surface area contributed by atoms with E-state index in [1.54, 1.807) is 0 Å². The van der Waals surface area contributed by atoms with Crippen molar-refractivity contribution in [2.75, 3.05) is 28.1 Å². The summed E-state index contributed by atoms with van der Waals surface area (Å²) in [4.78, 5) is 25.6. The first-order chi connectivity index (χ1) is 14.8. The van der Waals surface area contributed by atoms with Gasteiger partial charge in [-0.3, -0.25) is 0 Å². The van der Waals surface area contributed by atoms with E-state index in [0.29, 0.717) is 6.42 Å². The third kappa shape index (κ3) is 6.33. The highest BCUT2D eigenvalue weighted by atomic mass is 28.4. The van der Waals surface area contributed by atoms with Gasteiger partial charge in [-0.1, -0.05) is 40.5 Å². The number of carbonyl (C=O) groups is 2. The molecule has 1 heterocycles. The van der Waals surface area contributed by atoms with E-state index in [1.165, 1.54) is 21.3 Å². The Bertz CT molecular complexity index is 682.